The number of hydroxylamine groups is 1. The van der Waals surface area contributed by atoms with E-state index in [9.17, 15) is 13.6 Å². The molecule has 32 heavy (non-hydrogen) atoms. The Morgan fingerprint density at radius 1 is 1.16 bits per heavy atom. The van der Waals surface area contributed by atoms with Gasteiger partial charge in [0, 0.05) is 32.7 Å². The number of amides is 2. The van der Waals surface area contributed by atoms with Crippen molar-refractivity contribution in [3.05, 3.63) is 86.9 Å². The Balaban J connectivity index is 1.77. The summed E-state index contributed by atoms with van der Waals surface area (Å²) in [6.07, 6.45) is 0.845. The van der Waals surface area contributed by atoms with Crippen molar-refractivity contribution >= 4 is 45.2 Å². The molecule has 0 saturated carbocycles. The van der Waals surface area contributed by atoms with Gasteiger partial charge in [0.05, 0.1) is 25.0 Å². The van der Waals surface area contributed by atoms with Gasteiger partial charge in [0.15, 0.2) is 0 Å². The predicted molar refractivity (Wildman–Crippen MR) is 124 cm³/mol. The number of hydrogen-bond donors (Lipinski definition) is 2. The highest BCUT2D eigenvalue weighted by atomic mass is 35.5. The molecule has 0 aliphatic carbocycles. The molecule has 0 spiro atoms. The van der Waals surface area contributed by atoms with Gasteiger partial charge in [-0.15, -0.1) is 11.3 Å². The Hall–Kier alpha value is -2.94. The van der Waals surface area contributed by atoms with Crippen molar-refractivity contribution in [2.75, 3.05) is 24.0 Å². The summed E-state index contributed by atoms with van der Waals surface area (Å²) in [5.41, 5.74) is 2.82. The minimum Gasteiger partial charge on any atom is -0.309 e. The smallest absolute Gasteiger partial charge is 0.309 e. The van der Waals surface area contributed by atoms with Crippen LogP contribution in [-0.4, -0.2) is 19.7 Å². The molecule has 0 fully saturated rings. The summed E-state index contributed by atoms with van der Waals surface area (Å²) in [5, 5.41) is 8.37. The normalized spacial score (nSPS) is 13.2. The monoisotopic (exact) mass is 475 g/mol. The van der Waals surface area contributed by atoms with E-state index in [1.807, 2.05) is 18.2 Å². The lowest BCUT2D eigenvalue weighted by atomic mass is 9.94. The minimum absolute atomic E-state index is 0.132. The summed E-state index contributed by atoms with van der Waals surface area (Å²) >= 11 is 8.12. The number of halogens is 3. The summed E-state index contributed by atoms with van der Waals surface area (Å²) in [6, 6.07) is 11.7. The first-order chi connectivity index (χ1) is 15.4. The van der Waals surface area contributed by atoms with Crippen molar-refractivity contribution < 1.29 is 18.4 Å². The van der Waals surface area contributed by atoms with Crippen LogP contribution in [0.5, 0.6) is 0 Å². The van der Waals surface area contributed by atoms with Gasteiger partial charge in [0.25, 0.3) is 0 Å². The molecule has 0 bridgehead atoms. The van der Waals surface area contributed by atoms with E-state index in [-0.39, 0.29) is 12.2 Å². The minimum atomic E-state index is -0.865. The molecular weight excluding hydrogens is 456 g/mol. The molecule has 2 N–H and O–H groups in total. The molecule has 3 aromatic rings. The first-order valence-electron chi connectivity index (χ1n) is 9.87. The number of fused-ring (bicyclic) bond motifs is 1. The summed E-state index contributed by atoms with van der Waals surface area (Å²) in [5.74, 6) is -1.59. The van der Waals surface area contributed by atoms with Crippen molar-refractivity contribution in [3.63, 3.8) is 0 Å². The maximum atomic E-state index is 14.0. The van der Waals surface area contributed by atoms with Crippen molar-refractivity contribution in [1.29, 1.82) is 0 Å². The van der Waals surface area contributed by atoms with Crippen LogP contribution in [0.1, 0.15) is 22.9 Å². The second-order valence-electron chi connectivity index (χ2n) is 7.04. The van der Waals surface area contributed by atoms with Crippen LogP contribution in [0, 0.1) is 11.6 Å². The molecular formula is C23H20ClF2N3O2S. The Morgan fingerprint density at radius 3 is 2.62 bits per heavy atom. The Morgan fingerprint density at radius 2 is 1.94 bits per heavy atom. The topological polar surface area (TPSA) is 53.6 Å². The molecule has 1 aliphatic rings. The number of thiophene rings is 1. The van der Waals surface area contributed by atoms with E-state index in [1.54, 1.807) is 29.6 Å². The number of hydrogen-bond acceptors (Lipinski definition) is 4. The Labute approximate surface area is 193 Å². The molecule has 5 nitrogen and oxygen atoms in total. The maximum Gasteiger partial charge on any atom is 0.323 e. The van der Waals surface area contributed by atoms with E-state index in [0.29, 0.717) is 16.8 Å². The number of anilines is 2. The molecule has 2 heterocycles. The first kappa shape index (κ1) is 22.3. The average Bonchev–Trinajstić information content (AvgIpc) is 3.20. The third kappa shape index (κ3) is 4.34. The second-order valence-corrected chi connectivity index (χ2v) is 8.56. The zero-order valence-corrected chi connectivity index (χ0v) is 18.9. The van der Waals surface area contributed by atoms with Gasteiger partial charge in [-0.1, -0.05) is 36.7 Å². The third-order valence-electron chi connectivity index (χ3n) is 5.02. The Bertz CT molecular complexity index is 1210. The highest BCUT2D eigenvalue weighted by Gasteiger charge is 2.30. The van der Waals surface area contributed by atoms with E-state index in [2.05, 4.69) is 23.6 Å². The van der Waals surface area contributed by atoms with E-state index in [4.69, 9.17) is 16.4 Å². The number of nitrogens with zero attached hydrogens (tertiary/aromatic N) is 1. The molecule has 1 aliphatic heterocycles. The fourth-order valence-electron chi connectivity index (χ4n) is 3.53. The quantitative estimate of drug-likeness (QED) is 0.461. The summed E-state index contributed by atoms with van der Waals surface area (Å²) in [7, 11) is 1.56. The number of aryl methyl sites for hydroxylation is 1. The third-order valence-corrected chi connectivity index (χ3v) is 6.63. The van der Waals surface area contributed by atoms with E-state index in [1.165, 1.54) is 6.07 Å². The van der Waals surface area contributed by atoms with Crippen LogP contribution in [0.25, 0.3) is 5.57 Å². The van der Waals surface area contributed by atoms with Gasteiger partial charge < -0.3 is 10.6 Å². The molecule has 0 saturated heterocycles. The number of carbonyl (C=O) groups excluding carboxylic acids is 1. The lowest BCUT2D eigenvalue weighted by Gasteiger charge is -2.30. The number of benzene rings is 2. The van der Waals surface area contributed by atoms with Crippen LogP contribution in [-0.2, 0) is 11.3 Å². The summed E-state index contributed by atoms with van der Waals surface area (Å²) < 4.78 is 27.2. The van der Waals surface area contributed by atoms with Crippen LogP contribution in [0.15, 0.2) is 54.2 Å². The van der Waals surface area contributed by atoms with Crippen LogP contribution >= 0.6 is 22.9 Å². The average molecular weight is 476 g/mol. The van der Waals surface area contributed by atoms with Gasteiger partial charge in [-0.2, -0.15) is 0 Å². The standard InChI is InChI=1S/C23H20ClF2N3O2S/c1-3-14-11-16-21(15-6-4-5-7-17(15)24)20(12-29(31-2)22(16)32-14)28-23(30)27-19-9-8-13(25)10-18(19)26/h4-11H,3,12H2,1-2H3,(H2,27,28,30). The van der Waals surface area contributed by atoms with Gasteiger partial charge in [-0.05, 0) is 30.7 Å². The van der Waals surface area contributed by atoms with Gasteiger partial charge in [0.1, 0.15) is 16.6 Å². The molecule has 0 radical (unpaired) electrons. The largest absolute Gasteiger partial charge is 0.323 e. The lowest BCUT2D eigenvalue weighted by Crippen LogP contribution is -2.38. The van der Waals surface area contributed by atoms with Crippen molar-refractivity contribution in [3.8, 4) is 0 Å². The Kier molecular flexibility index (Phi) is 6.45. The number of carbonyl (C=O) groups is 1. The molecule has 2 aromatic carbocycles. The maximum absolute atomic E-state index is 14.0. The molecule has 1 aromatic heterocycles. The molecule has 166 valence electrons. The van der Waals surface area contributed by atoms with Crippen molar-refractivity contribution in [1.82, 2.24) is 5.32 Å². The van der Waals surface area contributed by atoms with Gasteiger partial charge in [0.2, 0.25) is 0 Å². The fourth-order valence-corrected chi connectivity index (χ4v) is 4.84. The predicted octanol–water partition coefficient (Wildman–Crippen LogP) is 6.20. The lowest BCUT2D eigenvalue weighted by molar-refractivity contribution is 0.173. The van der Waals surface area contributed by atoms with Crippen molar-refractivity contribution in [2.45, 2.75) is 13.3 Å². The van der Waals surface area contributed by atoms with Crippen LogP contribution in [0.2, 0.25) is 5.02 Å². The zero-order chi connectivity index (χ0) is 22.8. The number of rotatable bonds is 5. The van der Waals surface area contributed by atoms with Crippen LogP contribution < -0.4 is 15.7 Å². The molecule has 0 atom stereocenters. The zero-order valence-electron chi connectivity index (χ0n) is 17.3. The van der Waals surface area contributed by atoms with Crippen LogP contribution in [0.3, 0.4) is 0 Å². The fraction of sp³-hybridized carbons (Fsp3) is 0.174. The second kappa shape index (κ2) is 9.28. The summed E-state index contributed by atoms with van der Waals surface area (Å²) in [6.45, 7) is 2.31. The van der Waals surface area contributed by atoms with Gasteiger partial charge in [-0.3, -0.25) is 4.84 Å². The van der Waals surface area contributed by atoms with E-state index in [0.717, 1.165) is 39.1 Å². The molecule has 0 unspecified atom stereocenters. The van der Waals surface area contributed by atoms with Crippen molar-refractivity contribution in [2.24, 2.45) is 0 Å². The number of nitrogens with one attached hydrogen (secondary N) is 2. The summed E-state index contributed by atoms with van der Waals surface area (Å²) in [4.78, 5) is 19.5. The molecule has 2 amide bonds. The highest BCUT2D eigenvalue weighted by molar-refractivity contribution is 7.16. The highest BCUT2D eigenvalue weighted by Crippen LogP contribution is 2.45. The van der Waals surface area contributed by atoms with Gasteiger partial charge >= 0.3 is 6.03 Å². The van der Waals surface area contributed by atoms with E-state index < -0.39 is 17.7 Å². The SMILES string of the molecule is CCc1cc2c(s1)N(OC)CC(NC(=O)Nc1ccc(F)cc1F)=C2c1ccccc1Cl. The molecule has 9 heteroatoms. The number of urea groups is 1. The molecule has 4 rings (SSSR count). The van der Waals surface area contributed by atoms with Crippen LogP contribution in [0.4, 0.5) is 24.3 Å². The first-order valence-corrected chi connectivity index (χ1v) is 11.1. The van der Waals surface area contributed by atoms with E-state index >= 15 is 0 Å². The van der Waals surface area contributed by atoms with Gasteiger partial charge in [-0.25, -0.2) is 18.6 Å².